The van der Waals surface area contributed by atoms with Crippen molar-refractivity contribution >= 4 is 5.91 Å². The fraction of sp³-hybridized carbons (Fsp3) is 0.941. The molecule has 3 saturated carbocycles. The summed E-state index contributed by atoms with van der Waals surface area (Å²) in [6.45, 7) is 0.530. The number of hydrogen-bond donors (Lipinski definition) is 2. The topological polar surface area (TPSA) is 41.1 Å². The summed E-state index contributed by atoms with van der Waals surface area (Å²) in [6.07, 6.45) is 4.13. The van der Waals surface area contributed by atoms with E-state index in [-0.39, 0.29) is 31.3 Å². The lowest BCUT2D eigenvalue weighted by atomic mass is 9.55. The number of carbonyl (C=O) groups excluding carboxylic acids is 1. The number of rotatable bonds is 3. The molecular weight excluding hydrogens is 305 g/mol. The van der Waals surface area contributed by atoms with Crippen molar-refractivity contribution in [3.05, 3.63) is 0 Å². The van der Waals surface area contributed by atoms with Crippen molar-refractivity contribution in [2.75, 3.05) is 19.6 Å². The number of carbonyl (C=O) groups is 1. The van der Waals surface area contributed by atoms with Gasteiger partial charge in [-0.25, -0.2) is 0 Å². The third kappa shape index (κ3) is 2.24. The first-order chi connectivity index (χ1) is 10.8. The molecular formula is C17H25F3N2O. The van der Waals surface area contributed by atoms with Crippen molar-refractivity contribution in [2.45, 2.75) is 57.5 Å². The van der Waals surface area contributed by atoms with Crippen LogP contribution in [-0.2, 0) is 4.79 Å². The van der Waals surface area contributed by atoms with Gasteiger partial charge in [-0.05, 0) is 37.5 Å². The van der Waals surface area contributed by atoms with Crippen molar-refractivity contribution in [3.63, 3.8) is 0 Å². The molecule has 1 aliphatic heterocycles. The molecule has 23 heavy (non-hydrogen) atoms. The third-order valence-corrected chi connectivity index (χ3v) is 7.21. The molecule has 2 atom stereocenters. The van der Waals surface area contributed by atoms with Crippen LogP contribution in [0.5, 0.6) is 0 Å². The highest BCUT2D eigenvalue weighted by molar-refractivity contribution is 5.80. The molecule has 0 unspecified atom stereocenters. The zero-order valence-electron chi connectivity index (χ0n) is 13.4. The Morgan fingerprint density at radius 2 is 1.83 bits per heavy atom. The number of amides is 1. The third-order valence-electron chi connectivity index (χ3n) is 7.21. The van der Waals surface area contributed by atoms with Gasteiger partial charge in [0.25, 0.3) is 0 Å². The second-order valence-electron chi connectivity index (χ2n) is 8.52. The summed E-state index contributed by atoms with van der Waals surface area (Å²) in [5.41, 5.74) is -2.02. The number of alkyl halides is 3. The lowest BCUT2D eigenvalue weighted by Crippen LogP contribution is -2.48. The van der Waals surface area contributed by atoms with Gasteiger partial charge in [-0.3, -0.25) is 4.79 Å². The van der Waals surface area contributed by atoms with Crippen LogP contribution in [0.4, 0.5) is 13.2 Å². The van der Waals surface area contributed by atoms with Gasteiger partial charge in [-0.15, -0.1) is 0 Å². The second kappa shape index (κ2) is 4.87. The Morgan fingerprint density at radius 3 is 2.43 bits per heavy atom. The van der Waals surface area contributed by atoms with E-state index in [0.29, 0.717) is 12.0 Å². The first-order valence-corrected chi connectivity index (χ1v) is 8.87. The first-order valence-electron chi connectivity index (χ1n) is 8.87. The van der Waals surface area contributed by atoms with Crippen LogP contribution in [0.15, 0.2) is 0 Å². The van der Waals surface area contributed by atoms with Crippen LogP contribution in [0.25, 0.3) is 0 Å². The highest BCUT2D eigenvalue weighted by Crippen LogP contribution is 2.72. The van der Waals surface area contributed by atoms with Gasteiger partial charge in [-0.2, -0.15) is 13.2 Å². The average molecular weight is 330 g/mol. The van der Waals surface area contributed by atoms with Gasteiger partial charge < -0.3 is 10.6 Å². The number of fused-ring (bicyclic) bond motifs is 1. The van der Waals surface area contributed by atoms with E-state index in [4.69, 9.17) is 0 Å². The van der Waals surface area contributed by atoms with Crippen molar-refractivity contribution in [1.29, 1.82) is 0 Å². The smallest absolute Gasteiger partial charge is 0.355 e. The van der Waals surface area contributed by atoms with E-state index in [2.05, 4.69) is 10.6 Å². The molecule has 1 amide bonds. The van der Waals surface area contributed by atoms with Crippen LogP contribution >= 0.6 is 0 Å². The van der Waals surface area contributed by atoms with Gasteiger partial charge in [0.05, 0.1) is 5.41 Å². The fourth-order valence-corrected chi connectivity index (χ4v) is 5.61. The molecule has 130 valence electrons. The van der Waals surface area contributed by atoms with E-state index >= 15 is 0 Å². The van der Waals surface area contributed by atoms with Gasteiger partial charge in [0.1, 0.15) is 0 Å². The number of piperidine rings is 1. The van der Waals surface area contributed by atoms with Gasteiger partial charge >= 0.3 is 6.18 Å². The number of halogens is 3. The predicted octanol–water partition coefficient (Wildman–Crippen LogP) is 3.01. The van der Waals surface area contributed by atoms with Crippen molar-refractivity contribution in [2.24, 2.45) is 22.2 Å². The fourth-order valence-electron chi connectivity index (χ4n) is 5.61. The molecule has 0 aromatic carbocycles. The van der Waals surface area contributed by atoms with E-state index in [1.807, 2.05) is 0 Å². The molecule has 1 spiro atoms. The van der Waals surface area contributed by atoms with E-state index in [1.54, 1.807) is 0 Å². The van der Waals surface area contributed by atoms with Crippen LogP contribution in [-0.4, -0.2) is 31.7 Å². The minimum atomic E-state index is -4.18. The molecule has 0 bridgehead atoms. The summed E-state index contributed by atoms with van der Waals surface area (Å²) < 4.78 is 39.8. The average Bonchev–Trinajstić information content (AvgIpc) is 3.00. The minimum Gasteiger partial charge on any atom is -0.355 e. The van der Waals surface area contributed by atoms with Gasteiger partial charge in [0, 0.05) is 31.0 Å². The zero-order chi connectivity index (χ0) is 16.3. The molecule has 0 radical (unpaired) electrons. The maximum Gasteiger partial charge on any atom is 0.396 e. The van der Waals surface area contributed by atoms with E-state index in [1.165, 1.54) is 32.1 Å². The summed E-state index contributed by atoms with van der Waals surface area (Å²) in [5.74, 6) is 0.00310. The maximum atomic E-state index is 13.3. The van der Waals surface area contributed by atoms with E-state index in [0.717, 1.165) is 12.8 Å². The lowest BCUT2D eigenvalue weighted by molar-refractivity contribution is -0.190. The Labute approximate surface area is 134 Å². The molecule has 0 aromatic rings. The molecule has 1 saturated heterocycles. The zero-order valence-corrected chi connectivity index (χ0v) is 13.4. The summed E-state index contributed by atoms with van der Waals surface area (Å²) in [7, 11) is 0. The maximum absolute atomic E-state index is 13.3. The Kier molecular flexibility index (Phi) is 3.33. The highest BCUT2D eigenvalue weighted by Gasteiger charge is 2.81. The summed E-state index contributed by atoms with van der Waals surface area (Å²) in [4.78, 5) is 12.3. The molecule has 2 N–H and O–H groups in total. The predicted molar refractivity (Wildman–Crippen MR) is 79.7 cm³/mol. The number of nitrogens with one attached hydrogen (secondary N) is 2. The Hall–Kier alpha value is -0.780. The standard InChI is InChI=1S/C17H25F3N2O/c18-17(19,20)16-8-15(16,9-21-11-16)10-22-13(23)12-6-14(7-12)4-2-1-3-5-14/h12,21H,1-11H2,(H,22,23)/t15-,16-/m0/s1. The normalized spacial score (nSPS) is 38.9. The Bertz CT molecular complexity index is 506. The van der Waals surface area contributed by atoms with Gasteiger partial charge in [0.2, 0.25) is 5.91 Å². The Morgan fingerprint density at radius 1 is 1.13 bits per heavy atom. The largest absolute Gasteiger partial charge is 0.396 e. The van der Waals surface area contributed by atoms with Crippen LogP contribution in [0.1, 0.15) is 51.4 Å². The van der Waals surface area contributed by atoms with Crippen molar-refractivity contribution < 1.29 is 18.0 Å². The van der Waals surface area contributed by atoms with Crippen LogP contribution in [0, 0.1) is 22.2 Å². The molecule has 4 fully saturated rings. The van der Waals surface area contributed by atoms with Gasteiger partial charge in [0.15, 0.2) is 0 Å². The lowest BCUT2D eigenvalue weighted by Gasteiger charge is -2.49. The molecule has 4 aliphatic rings. The molecule has 4 rings (SSSR count). The first kappa shape index (κ1) is 15.7. The van der Waals surface area contributed by atoms with Crippen LogP contribution < -0.4 is 10.6 Å². The van der Waals surface area contributed by atoms with E-state index < -0.39 is 17.0 Å². The van der Waals surface area contributed by atoms with Crippen LogP contribution in [0.2, 0.25) is 0 Å². The molecule has 3 aliphatic carbocycles. The quantitative estimate of drug-likeness (QED) is 0.835. The second-order valence-corrected chi connectivity index (χ2v) is 8.52. The monoisotopic (exact) mass is 330 g/mol. The molecule has 0 aromatic heterocycles. The summed E-state index contributed by atoms with van der Waals surface area (Å²) >= 11 is 0. The van der Waals surface area contributed by atoms with Crippen LogP contribution in [0.3, 0.4) is 0 Å². The van der Waals surface area contributed by atoms with E-state index in [9.17, 15) is 18.0 Å². The summed E-state index contributed by atoms with van der Waals surface area (Å²) in [6, 6.07) is 0. The van der Waals surface area contributed by atoms with Crippen molar-refractivity contribution in [1.82, 2.24) is 10.6 Å². The molecule has 1 heterocycles. The molecule has 3 nitrogen and oxygen atoms in total. The highest BCUT2D eigenvalue weighted by atomic mass is 19.4. The summed E-state index contributed by atoms with van der Waals surface area (Å²) in [5, 5.41) is 5.71. The van der Waals surface area contributed by atoms with Crippen molar-refractivity contribution in [3.8, 4) is 0 Å². The Balaban J connectivity index is 1.30. The van der Waals surface area contributed by atoms with Gasteiger partial charge in [-0.1, -0.05) is 19.3 Å². The minimum absolute atomic E-state index is 0.00108. The number of hydrogen-bond acceptors (Lipinski definition) is 2. The molecule has 6 heteroatoms. The SMILES string of the molecule is O=C(NC[C@]12CNC[C@@]1(C(F)(F)F)C2)C1CC2(CCCCC2)C1.